The molecule has 7 heteroatoms. The molecule has 1 saturated carbocycles. The predicted octanol–water partition coefficient (Wildman–Crippen LogP) is 1.27. The number of esters is 1. The number of hydrogen-bond acceptors (Lipinski definition) is 4. The summed E-state index contributed by atoms with van der Waals surface area (Å²) in [5.74, 6) is -1.66. The average molecular weight is 300 g/mol. The van der Waals surface area contributed by atoms with Crippen LogP contribution in [0.15, 0.2) is 0 Å². The SMILES string of the molecule is CCC1(CNC(=O)N[C@H](CCC(=O)OC)C(=O)O)CCC1. The molecule has 0 saturated heterocycles. The summed E-state index contributed by atoms with van der Waals surface area (Å²) in [7, 11) is 1.24. The van der Waals surface area contributed by atoms with Crippen LogP contribution < -0.4 is 10.6 Å². The summed E-state index contributed by atoms with van der Waals surface area (Å²) in [5.41, 5.74) is 0.169. The van der Waals surface area contributed by atoms with Crippen LogP contribution in [0.3, 0.4) is 0 Å². The van der Waals surface area contributed by atoms with Gasteiger partial charge in [-0.1, -0.05) is 13.3 Å². The molecule has 0 aromatic carbocycles. The lowest BCUT2D eigenvalue weighted by molar-refractivity contribution is -0.142. The van der Waals surface area contributed by atoms with Crippen LogP contribution in [0.2, 0.25) is 0 Å². The van der Waals surface area contributed by atoms with Crippen LogP contribution >= 0.6 is 0 Å². The minimum absolute atomic E-state index is 0.00828. The fourth-order valence-electron chi connectivity index (χ4n) is 2.43. The average Bonchev–Trinajstić information content (AvgIpc) is 2.41. The van der Waals surface area contributed by atoms with Gasteiger partial charge in [-0.05, 0) is 31.1 Å². The lowest BCUT2D eigenvalue weighted by Crippen LogP contribution is -2.50. The molecule has 1 aliphatic carbocycles. The van der Waals surface area contributed by atoms with Gasteiger partial charge in [-0.3, -0.25) is 4.79 Å². The number of nitrogens with one attached hydrogen (secondary N) is 2. The Hall–Kier alpha value is -1.79. The quantitative estimate of drug-likeness (QED) is 0.586. The summed E-state index contributed by atoms with van der Waals surface area (Å²) < 4.78 is 4.45. The maximum atomic E-state index is 11.8. The molecular formula is C14H24N2O5. The van der Waals surface area contributed by atoms with E-state index >= 15 is 0 Å². The van der Waals surface area contributed by atoms with E-state index in [-0.39, 0.29) is 18.3 Å². The van der Waals surface area contributed by atoms with Crippen LogP contribution in [0.4, 0.5) is 4.79 Å². The molecule has 0 heterocycles. The fraction of sp³-hybridized carbons (Fsp3) is 0.786. The Balaban J connectivity index is 2.38. The Labute approximate surface area is 124 Å². The molecule has 1 rings (SSSR count). The van der Waals surface area contributed by atoms with Gasteiger partial charge in [0.1, 0.15) is 6.04 Å². The molecule has 1 aliphatic rings. The van der Waals surface area contributed by atoms with Gasteiger partial charge < -0.3 is 20.5 Å². The molecule has 21 heavy (non-hydrogen) atoms. The maximum Gasteiger partial charge on any atom is 0.326 e. The molecular weight excluding hydrogens is 276 g/mol. The van der Waals surface area contributed by atoms with Gasteiger partial charge in [0, 0.05) is 13.0 Å². The summed E-state index contributed by atoms with van der Waals surface area (Å²) in [4.78, 5) is 33.9. The lowest BCUT2D eigenvalue weighted by atomic mass is 9.67. The van der Waals surface area contributed by atoms with Crippen molar-refractivity contribution in [2.45, 2.75) is 51.5 Å². The minimum atomic E-state index is -1.16. The van der Waals surface area contributed by atoms with E-state index < -0.39 is 24.0 Å². The van der Waals surface area contributed by atoms with E-state index in [2.05, 4.69) is 22.3 Å². The second kappa shape index (κ2) is 7.85. The Kier molecular flexibility index (Phi) is 6.45. The smallest absolute Gasteiger partial charge is 0.326 e. The maximum absolute atomic E-state index is 11.8. The molecule has 0 aromatic heterocycles. The number of carbonyl (C=O) groups is 3. The van der Waals surface area contributed by atoms with Crippen LogP contribution in [0.25, 0.3) is 0 Å². The summed E-state index contributed by atoms with van der Waals surface area (Å²) in [6.45, 7) is 2.65. The summed E-state index contributed by atoms with van der Waals surface area (Å²) >= 11 is 0. The van der Waals surface area contributed by atoms with E-state index in [1.54, 1.807) is 0 Å². The molecule has 3 N–H and O–H groups in total. The predicted molar refractivity (Wildman–Crippen MR) is 75.8 cm³/mol. The molecule has 7 nitrogen and oxygen atoms in total. The van der Waals surface area contributed by atoms with Gasteiger partial charge in [-0.25, -0.2) is 9.59 Å². The zero-order valence-electron chi connectivity index (χ0n) is 12.6. The standard InChI is InChI=1S/C14H24N2O5/c1-3-14(7-4-8-14)9-15-13(20)16-10(12(18)19)5-6-11(17)21-2/h10H,3-9H2,1-2H3,(H,18,19)(H2,15,16,20)/t10-/m1/s1. The zero-order valence-corrected chi connectivity index (χ0v) is 12.6. The van der Waals surface area contributed by atoms with E-state index in [1.807, 2.05) is 0 Å². The van der Waals surface area contributed by atoms with Crippen molar-refractivity contribution < 1.29 is 24.2 Å². The minimum Gasteiger partial charge on any atom is -0.480 e. The highest BCUT2D eigenvalue weighted by atomic mass is 16.5. The second-order valence-electron chi connectivity index (χ2n) is 5.54. The van der Waals surface area contributed by atoms with Crippen LogP contribution in [-0.2, 0) is 14.3 Å². The third kappa shape index (κ3) is 5.24. The van der Waals surface area contributed by atoms with Crippen molar-refractivity contribution in [3.63, 3.8) is 0 Å². The van der Waals surface area contributed by atoms with E-state index in [0.717, 1.165) is 19.3 Å². The number of carbonyl (C=O) groups excluding carboxylic acids is 2. The molecule has 1 fully saturated rings. The largest absolute Gasteiger partial charge is 0.480 e. The van der Waals surface area contributed by atoms with Crippen LogP contribution in [-0.4, -0.2) is 42.8 Å². The van der Waals surface area contributed by atoms with Crippen molar-refractivity contribution in [3.05, 3.63) is 0 Å². The highest BCUT2D eigenvalue weighted by molar-refractivity contribution is 5.83. The van der Waals surface area contributed by atoms with Crippen molar-refractivity contribution in [1.29, 1.82) is 0 Å². The van der Waals surface area contributed by atoms with Crippen LogP contribution in [0.5, 0.6) is 0 Å². The van der Waals surface area contributed by atoms with Gasteiger partial charge in [-0.2, -0.15) is 0 Å². The fourth-order valence-corrected chi connectivity index (χ4v) is 2.43. The molecule has 2 amide bonds. The van der Waals surface area contributed by atoms with Crippen molar-refractivity contribution >= 4 is 18.0 Å². The first-order valence-electron chi connectivity index (χ1n) is 7.26. The van der Waals surface area contributed by atoms with Gasteiger partial charge in [0.25, 0.3) is 0 Å². The Morgan fingerprint density at radius 3 is 2.43 bits per heavy atom. The molecule has 0 aliphatic heterocycles. The van der Waals surface area contributed by atoms with E-state index in [4.69, 9.17) is 5.11 Å². The van der Waals surface area contributed by atoms with E-state index in [1.165, 1.54) is 13.5 Å². The van der Waals surface area contributed by atoms with Crippen LogP contribution in [0.1, 0.15) is 45.4 Å². The molecule has 0 radical (unpaired) electrons. The number of urea groups is 1. The Bertz CT molecular complexity index is 387. The molecule has 1 atom stereocenters. The number of methoxy groups -OCH3 is 1. The lowest BCUT2D eigenvalue weighted by Gasteiger charge is -2.41. The number of hydrogen-bond donors (Lipinski definition) is 3. The van der Waals surface area contributed by atoms with Crippen molar-refractivity contribution in [1.82, 2.24) is 10.6 Å². The first-order chi connectivity index (χ1) is 9.92. The molecule has 0 bridgehead atoms. The van der Waals surface area contributed by atoms with Crippen molar-refractivity contribution in [2.24, 2.45) is 5.41 Å². The summed E-state index contributed by atoms with van der Waals surface area (Å²) in [6.07, 6.45) is 4.32. The zero-order chi connectivity index (χ0) is 15.9. The number of carboxylic acids is 1. The third-order valence-electron chi connectivity index (χ3n) is 4.26. The van der Waals surface area contributed by atoms with E-state index in [9.17, 15) is 14.4 Å². The topological polar surface area (TPSA) is 105 Å². The summed E-state index contributed by atoms with van der Waals surface area (Å²) in [5, 5.41) is 14.2. The number of carboxylic acid groups (broad SMARTS) is 1. The molecule has 120 valence electrons. The van der Waals surface area contributed by atoms with Gasteiger partial charge in [0.2, 0.25) is 0 Å². The van der Waals surface area contributed by atoms with Gasteiger partial charge in [0.15, 0.2) is 0 Å². The number of rotatable bonds is 8. The van der Waals surface area contributed by atoms with Gasteiger partial charge >= 0.3 is 18.0 Å². The highest BCUT2D eigenvalue weighted by Gasteiger charge is 2.35. The van der Waals surface area contributed by atoms with Gasteiger partial charge in [0.05, 0.1) is 7.11 Å². The van der Waals surface area contributed by atoms with Crippen molar-refractivity contribution in [3.8, 4) is 0 Å². The molecule has 0 spiro atoms. The second-order valence-corrected chi connectivity index (χ2v) is 5.54. The van der Waals surface area contributed by atoms with Crippen LogP contribution in [0, 0.1) is 5.41 Å². The molecule has 0 unspecified atom stereocenters. The highest BCUT2D eigenvalue weighted by Crippen LogP contribution is 2.42. The number of aliphatic carboxylic acids is 1. The van der Waals surface area contributed by atoms with Gasteiger partial charge in [-0.15, -0.1) is 0 Å². The van der Waals surface area contributed by atoms with E-state index in [0.29, 0.717) is 6.54 Å². The number of ether oxygens (including phenoxy) is 1. The summed E-state index contributed by atoms with van der Waals surface area (Å²) in [6, 6.07) is -1.60. The normalized spacial score (nSPS) is 17.2. The Morgan fingerprint density at radius 2 is 2.00 bits per heavy atom. The first kappa shape index (κ1) is 17.3. The number of amides is 2. The first-order valence-corrected chi connectivity index (χ1v) is 7.26. The third-order valence-corrected chi connectivity index (χ3v) is 4.26. The van der Waals surface area contributed by atoms with Crippen molar-refractivity contribution in [2.75, 3.05) is 13.7 Å². The monoisotopic (exact) mass is 300 g/mol. The Morgan fingerprint density at radius 1 is 1.33 bits per heavy atom. The molecule has 0 aromatic rings.